The first-order valence-electron chi connectivity index (χ1n) is 4.68. The number of nitrogens with zero attached hydrogens (tertiary/aromatic N) is 2. The van der Waals surface area contributed by atoms with Gasteiger partial charge >= 0.3 is 6.09 Å². The second kappa shape index (κ2) is 4.21. The first-order valence-corrected chi connectivity index (χ1v) is 4.68. The van der Waals surface area contributed by atoms with Crippen LogP contribution in [0.1, 0.15) is 5.56 Å². The zero-order chi connectivity index (χ0) is 11.6. The number of hydrogen-bond acceptors (Lipinski definition) is 2. The lowest BCUT2D eigenvalue weighted by Gasteiger charge is -2.22. The molecule has 0 unspecified atom stereocenters. The van der Waals surface area contributed by atoms with Gasteiger partial charge in [-0.25, -0.2) is 4.79 Å². The molecule has 0 aliphatic carbocycles. The quantitative estimate of drug-likeness (QED) is 0.810. The number of benzene rings is 1. The summed E-state index contributed by atoms with van der Waals surface area (Å²) in [6.45, 7) is 1.94. The van der Waals surface area contributed by atoms with E-state index in [1.807, 2.05) is 44.1 Å². The van der Waals surface area contributed by atoms with Crippen LogP contribution in [0.25, 0.3) is 0 Å². The Morgan fingerprint density at radius 2 is 1.80 bits per heavy atom. The number of hydrogen-bond donors (Lipinski definition) is 1. The van der Waals surface area contributed by atoms with Gasteiger partial charge in [0.1, 0.15) is 0 Å². The molecule has 0 saturated heterocycles. The molecular formula is C11H16N2O2. The zero-order valence-electron chi connectivity index (χ0n) is 9.48. The normalized spacial score (nSPS) is 9.87. The van der Waals surface area contributed by atoms with Gasteiger partial charge in [-0.1, -0.05) is 6.07 Å². The van der Waals surface area contributed by atoms with E-state index in [4.69, 9.17) is 5.11 Å². The van der Waals surface area contributed by atoms with Crippen molar-refractivity contribution >= 4 is 17.5 Å². The van der Waals surface area contributed by atoms with E-state index in [0.29, 0.717) is 5.69 Å². The maximum absolute atomic E-state index is 10.9. The Morgan fingerprint density at radius 1 is 1.20 bits per heavy atom. The molecule has 0 radical (unpaired) electrons. The van der Waals surface area contributed by atoms with Crippen molar-refractivity contribution in [2.24, 2.45) is 0 Å². The van der Waals surface area contributed by atoms with Crippen LogP contribution in [0.15, 0.2) is 18.2 Å². The van der Waals surface area contributed by atoms with E-state index in [1.54, 1.807) is 7.05 Å². The van der Waals surface area contributed by atoms with Gasteiger partial charge in [-0.2, -0.15) is 0 Å². The molecule has 0 bridgehead atoms. The van der Waals surface area contributed by atoms with E-state index in [-0.39, 0.29) is 0 Å². The number of aryl methyl sites for hydroxylation is 1. The van der Waals surface area contributed by atoms with E-state index in [0.717, 1.165) is 11.3 Å². The fourth-order valence-electron chi connectivity index (χ4n) is 1.38. The van der Waals surface area contributed by atoms with Gasteiger partial charge in [-0.05, 0) is 24.6 Å². The first-order chi connectivity index (χ1) is 6.93. The fourth-order valence-corrected chi connectivity index (χ4v) is 1.38. The smallest absolute Gasteiger partial charge is 0.411 e. The summed E-state index contributed by atoms with van der Waals surface area (Å²) in [6, 6.07) is 5.75. The van der Waals surface area contributed by atoms with Crippen LogP contribution < -0.4 is 9.80 Å². The molecule has 0 fully saturated rings. The Hall–Kier alpha value is -1.71. The highest BCUT2D eigenvalue weighted by molar-refractivity contribution is 5.90. The Morgan fingerprint density at radius 3 is 2.27 bits per heavy atom. The third-order valence-electron chi connectivity index (χ3n) is 2.26. The van der Waals surface area contributed by atoms with Crippen LogP contribution in [-0.4, -0.2) is 32.3 Å². The highest BCUT2D eigenvalue weighted by Gasteiger charge is 2.14. The molecule has 0 aliphatic rings. The van der Waals surface area contributed by atoms with Gasteiger partial charge in [0.15, 0.2) is 0 Å². The summed E-state index contributed by atoms with van der Waals surface area (Å²) in [5, 5.41) is 8.94. The highest BCUT2D eigenvalue weighted by atomic mass is 16.4. The Bertz CT molecular complexity index is 375. The molecule has 1 rings (SSSR count). The molecule has 0 heterocycles. The molecule has 4 nitrogen and oxygen atoms in total. The van der Waals surface area contributed by atoms with Gasteiger partial charge in [-0.15, -0.1) is 0 Å². The van der Waals surface area contributed by atoms with Crippen molar-refractivity contribution in [1.29, 1.82) is 0 Å². The van der Waals surface area contributed by atoms with Gasteiger partial charge in [0.25, 0.3) is 0 Å². The minimum absolute atomic E-state index is 0.701. The lowest BCUT2D eigenvalue weighted by Crippen LogP contribution is -2.26. The van der Waals surface area contributed by atoms with Crippen LogP contribution >= 0.6 is 0 Å². The molecule has 0 atom stereocenters. The third-order valence-corrected chi connectivity index (χ3v) is 2.26. The molecule has 1 N–H and O–H groups in total. The van der Waals surface area contributed by atoms with E-state index < -0.39 is 6.09 Å². The van der Waals surface area contributed by atoms with Gasteiger partial charge in [0, 0.05) is 21.1 Å². The Kier molecular flexibility index (Phi) is 3.19. The average Bonchev–Trinajstić information content (AvgIpc) is 2.15. The van der Waals surface area contributed by atoms with Crippen molar-refractivity contribution in [3.8, 4) is 0 Å². The maximum Gasteiger partial charge on any atom is 0.411 e. The van der Waals surface area contributed by atoms with E-state index in [9.17, 15) is 4.79 Å². The summed E-state index contributed by atoms with van der Waals surface area (Å²) in [4.78, 5) is 14.0. The minimum Gasteiger partial charge on any atom is -0.465 e. The summed E-state index contributed by atoms with van der Waals surface area (Å²) in [7, 11) is 5.33. The van der Waals surface area contributed by atoms with E-state index >= 15 is 0 Å². The largest absolute Gasteiger partial charge is 0.465 e. The third kappa shape index (κ3) is 2.40. The monoisotopic (exact) mass is 208 g/mol. The van der Waals surface area contributed by atoms with Gasteiger partial charge in [0.2, 0.25) is 0 Å². The maximum atomic E-state index is 10.9. The van der Waals surface area contributed by atoms with Crippen molar-refractivity contribution in [1.82, 2.24) is 0 Å². The van der Waals surface area contributed by atoms with E-state index in [1.165, 1.54) is 4.90 Å². The van der Waals surface area contributed by atoms with Gasteiger partial charge < -0.3 is 10.0 Å². The number of anilines is 2. The van der Waals surface area contributed by atoms with Crippen molar-refractivity contribution < 1.29 is 9.90 Å². The van der Waals surface area contributed by atoms with Crippen molar-refractivity contribution in [3.05, 3.63) is 23.8 Å². The van der Waals surface area contributed by atoms with Crippen LogP contribution in [0.3, 0.4) is 0 Å². The lowest BCUT2D eigenvalue weighted by molar-refractivity contribution is 0.203. The first kappa shape index (κ1) is 11.4. The summed E-state index contributed by atoms with van der Waals surface area (Å²) >= 11 is 0. The zero-order valence-corrected chi connectivity index (χ0v) is 9.48. The fraction of sp³-hybridized carbons (Fsp3) is 0.364. The molecule has 0 aromatic heterocycles. The average molecular weight is 208 g/mol. The second-order valence-corrected chi connectivity index (χ2v) is 3.73. The second-order valence-electron chi connectivity index (χ2n) is 3.73. The molecule has 0 aliphatic heterocycles. The van der Waals surface area contributed by atoms with Crippen LogP contribution in [0.2, 0.25) is 0 Å². The summed E-state index contributed by atoms with van der Waals surface area (Å²) < 4.78 is 0. The molecule has 82 valence electrons. The summed E-state index contributed by atoms with van der Waals surface area (Å²) in [6.07, 6.45) is -0.955. The van der Waals surface area contributed by atoms with Crippen molar-refractivity contribution in [3.63, 3.8) is 0 Å². The molecule has 4 heteroatoms. The lowest BCUT2D eigenvalue weighted by atomic mass is 10.1. The summed E-state index contributed by atoms with van der Waals surface area (Å²) in [5.74, 6) is 0. The molecule has 15 heavy (non-hydrogen) atoms. The predicted octanol–water partition coefficient (Wildman–Crippen LogP) is 2.18. The Labute approximate surface area is 89.7 Å². The highest BCUT2D eigenvalue weighted by Crippen LogP contribution is 2.28. The van der Waals surface area contributed by atoms with E-state index in [2.05, 4.69) is 0 Å². The SMILES string of the molecule is Cc1ccc(N(C)C)c(N(C)C(=O)O)c1. The number of carbonyl (C=O) groups is 1. The molecule has 1 aromatic carbocycles. The van der Waals surface area contributed by atoms with Crippen LogP contribution in [0.5, 0.6) is 0 Å². The summed E-state index contributed by atoms with van der Waals surface area (Å²) in [5.41, 5.74) is 2.64. The molecule has 0 spiro atoms. The molecule has 1 amide bonds. The molecule has 1 aromatic rings. The van der Waals surface area contributed by atoms with Crippen molar-refractivity contribution in [2.45, 2.75) is 6.92 Å². The van der Waals surface area contributed by atoms with Crippen LogP contribution in [0, 0.1) is 6.92 Å². The van der Waals surface area contributed by atoms with Crippen LogP contribution in [-0.2, 0) is 0 Å². The van der Waals surface area contributed by atoms with Gasteiger partial charge in [0.05, 0.1) is 11.4 Å². The van der Waals surface area contributed by atoms with Crippen LogP contribution in [0.4, 0.5) is 16.2 Å². The number of rotatable bonds is 2. The molecular weight excluding hydrogens is 192 g/mol. The topological polar surface area (TPSA) is 43.8 Å². The minimum atomic E-state index is -0.955. The Balaban J connectivity index is 3.24. The number of amides is 1. The number of carboxylic acid groups (broad SMARTS) is 1. The standard InChI is InChI=1S/C11H16N2O2/c1-8-5-6-9(12(2)3)10(7-8)13(4)11(14)15/h5-7H,1-4H3,(H,14,15). The van der Waals surface area contributed by atoms with Gasteiger partial charge in [-0.3, -0.25) is 4.90 Å². The van der Waals surface area contributed by atoms with Crippen molar-refractivity contribution in [2.75, 3.05) is 30.9 Å². The predicted molar refractivity (Wildman–Crippen MR) is 61.9 cm³/mol. The molecule has 0 saturated carbocycles.